The van der Waals surface area contributed by atoms with Crippen LogP contribution in [0, 0.1) is 5.92 Å². The van der Waals surface area contributed by atoms with E-state index in [-0.39, 0.29) is 23.7 Å². The van der Waals surface area contributed by atoms with E-state index in [4.69, 9.17) is 5.73 Å². The van der Waals surface area contributed by atoms with E-state index in [0.29, 0.717) is 18.0 Å². The van der Waals surface area contributed by atoms with E-state index in [0.717, 1.165) is 23.9 Å². The molecule has 0 bridgehead atoms. The van der Waals surface area contributed by atoms with E-state index in [1.54, 1.807) is 12.1 Å². The first-order valence-electron chi connectivity index (χ1n) is 8.91. The molecular formula is C18H24N4O2. The molecule has 24 heavy (non-hydrogen) atoms. The monoisotopic (exact) mass is 328 g/mol. The number of aromatic nitrogens is 2. The van der Waals surface area contributed by atoms with Crippen molar-refractivity contribution in [2.45, 2.75) is 50.6 Å². The number of fused-ring (bicyclic) bond motifs is 1. The van der Waals surface area contributed by atoms with Gasteiger partial charge in [-0.15, -0.1) is 0 Å². The van der Waals surface area contributed by atoms with Crippen molar-refractivity contribution in [2.24, 2.45) is 11.7 Å². The van der Waals surface area contributed by atoms with Gasteiger partial charge >= 0.3 is 5.69 Å². The van der Waals surface area contributed by atoms with Crippen LogP contribution >= 0.6 is 0 Å². The summed E-state index contributed by atoms with van der Waals surface area (Å²) < 4.78 is 1.85. The van der Waals surface area contributed by atoms with Crippen molar-refractivity contribution in [3.05, 3.63) is 34.2 Å². The van der Waals surface area contributed by atoms with Crippen molar-refractivity contribution < 1.29 is 4.79 Å². The number of H-pyrrole nitrogens is 1. The molecule has 0 spiro atoms. The standard InChI is InChI=1S/C18H24N4O2/c19-14(11-5-6-11)10-20-17(23)12-7-8-16-15(9-12)21-18(24)22(16)13-3-1-2-4-13/h7-9,11,13-14H,1-6,10,19H2,(H,20,23)(H,21,24). The van der Waals surface area contributed by atoms with Crippen molar-refractivity contribution in [1.29, 1.82) is 0 Å². The van der Waals surface area contributed by atoms with E-state index < -0.39 is 0 Å². The molecule has 1 aromatic carbocycles. The third-order valence-corrected chi connectivity index (χ3v) is 5.39. The molecule has 4 N–H and O–H groups in total. The summed E-state index contributed by atoms with van der Waals surface area (Å²) in [7, 11) is 0. The van der Waals surface area contributed by atoms with Gasteiger partial charge in [-0.3, -0.25) is 9.36 Å². The topological polar surface area (TPSA) is 92.9 Å². The summed E-state index contributed by atoms with van der Waals surface area (Å²) in [6, 6.07) is 5.75. The molecule has 2 fully saturated rings. The number of aromatic amines is 1. The molecule has 6 heteroatoms. The summed E-state index contributed by atoms with van der Waals surface area (Å²) in [5.74, 6) is 0.423. The molecule has 2 aromatic rings. The Kier molecular flexibility index (Phi) is 3.92. The molecule has 2 aliphatic rings. The number of nitrogens with zero attached hydrogens (tertiary/aromatic N) is 1. The lowest BCUT2D eigenvalue weighted by Gasteiger charge is -2.12. The maximum Gasteiger partial charge on any atom is 0.326 e. The second kappa shape index (κ2) is 6.09. The zero-order chi connectivity index (χ0) is 16.7. The van der Waals surface area contributed by atoms with Gasteiger partial charge in [-0.1, -0.05) is 12.8 Å². The number of rotatable bonds is 5. The van der Waals surface area contributed by atoms with Crippen LogP contribution in [0.1, 0.15) is 54.9 Å². The van der Waals surface area contributed by atoms with Gasteiger partial charge in [0, 0.05) is 24.2 Å². The van der Waals surface area contributed by atoms with Gasteiger partial charge in [-0.25, -0.2) is 4.79 Å². The zero-order valence-corrected chi connectivity index (χ0v) is 13.8. The number of nitrogens with two attached hydrogens (primary N) is 1. The van der Waals surface area contributed by atoms with Gasteiger partial charge in [0.2, 0.25) is 0 Å². The molecule has 2 saturated carbocycles. The van der Waals surface area contributed by atoms with Gasteiger partial charge in [-0.05, 0) is 49.8 Å². The Bertz CT molecular complexity index is 812. The molecular weight excluding hydrogens is 304 g/mol. The quantitative estimate of drug-likeness (QED) is 0.783. The van der Waals surface area contributed by atoms with E-state index in [2.05, 4.69) is 10.3 Å². The van der Waals surface area contributed by atoms with Crippen LogP contribution in [0.4, 0.5) is 0 Å². The number of amides is 1. The summed E-state index contributed by atoms with van der Waals surface area (Å²) in [6.45, 7) is 0.501. The molecule has 0 radical (unpaired) electrons. The molecule has 0 saturated heterocycles. The van der Waals surface area contributed by atoms with Crippen LogP contribution in [0.3, 0.4) is 0 Å². The van der Waals surface area contributed by atoms with E-state index >= 15 is 0 Å². The van der Waals surface area contributed by atoms with Crippen molar-refractivity contribution >= 4 is 16.9 Å². The Balaban J connectivity index is 1.54. The van der Waals surface area contributed by atoms with Crippen molar-refractivity contribution in [1.82, 2.24) is 14.9 Å². The number of carbonyl (C=O) groups is 1. The Morgan fingerprint density at radius 2 is 2.04 bits per heavy atom. The van der Waals surface area contributed by atoms with E-state index in [1.165, 1.54) is 25.7 Å². The second-order valence-corrected chi connectivity index (χ2v) is 7.18. The lowest BCUT2D eigenvalue weighted by Crippen LogP contribution is -2.38. The van der Waals surface area contributed by atoms with Crippen LogP contribution in [0.5, 0.6) is 0 Å². The highest BCUT2D eigenvalue weighted by Crippen LogP contribution is 2.31. The minimum Gasteiger partial charge on any atom is -0.350 e. The predicted molar refractivity (Wildman–Crippen MR) is 93.1 cm³/mol. The van der Waals surface area contributed by atoms with Crippen molar-refractivity contribution in [2.75, 3.05) is 6.54 Å². The first-order valence-corrected chi connectivity index (χ1v) is 8.91. The Morgan fingerprint density at radius 3 is 2.75 bits per heavy atom. The molecule has 4 rings (SSSR count). The van der Waals surface area contributed by atoms with E-state index in [9.17, 15) is 9.59 Å². The molecule has 1 amide bonds. The largest absolute Gasteiger partial charge is 0.350 e. The van der Waals surface area contributed by atoms with E-state index in [1.807, 2.05) is 10.6 Å². The molecule has 1 unspecified atom stereocenters. The Labute approximate surface area is 140 Å². The fourth-order valence-corrected chi connectivity index (χ4v) is 3.80. The van der Waals surface area contributed by atoms with Gasteiger partial charge in [0.1, 0.15) is 0 Å². The molecule has 1 aromatic heterocycles. The van der Waals surface area contributed by atoms with Gasteiger partial charge in [-0.2, -0.15) is 0 Å². The molecule has 1 atom stereocenters. The van der Waals surface area contributed by atoms with Crippen LogP contribution in [0.25, 0.3) is 11.0 Å². The molecule has 0 aliphatic heterocycles. The molecule has 128 valence electrons. The van der Waals surface area contributed by atoms with Crippen LogP contribution in [-0.2, 0) is 0 Å². The third-order valence-electron chi connectivity index (χ3n) is 5.39. The molecule has 6 nitrogen and oxygen atoms in total. The highest BCUT2D eigenvalue weighted by atomic mass is 16.2. The number of imidazole rings is 1. The van der Waals surface area contributed by atoms with Gasteiger partial charge in [0.25, 0.3) is 5.91 Å². The van der Waals surface area contributed by atoms with Crippen molar-refractivity contribution in [3.63, 3.8) is 0 Å². The van der Waals surface area contributed by atoms with Crippen LogP contribution in [0.15, 0.2) is 23.0 Å². The smallest absolute Gasteiger partial charge is 0.326 e. The first-order chi connectivity index (χ1) is 11.6. The highest BCUT2D eigenvalue weighted by molar-refractivity contribution is 5.97. The lowest BCUT2D eigenvalue weighted by atomic mass is 10.1. The summed E-state index contributed by atoms with van der Waals surface area (Å²) in [5.41, 5.74) is 8.12. The van der Waals surface area contributed by atoms with Gasteiger partial charge in [0.05, 0.1) is 11.0 Å². The fraction of sp³-hybridized carbons (Fsp3) is 0.556. The molecule has 2 aliphatic carbocycles. The minimum atomic E-state index is -0.137. The summed E-state index contributed by atoms with van der Waals surface area (Å²) in [4.78, 5) is 27.5. The average Bonchev–Trinajstić information content (AvgIpc) is 3.19. The highest BCUT2D eigenvalue weighted by Gasteiger charge is 2.28. The first kappa shape index (κ1) is 15.4. The zero-order valence-electron chi connectivity index (χ0n) is 13.8. The summed E-state index contributed by atoms with van der Waals surface area (Å²) in [5, 5.41) is 2.90. The SMILES string of the molecule is NC(CNC(=O)c1ccc2c(c1)[nH]c(=O)n2C1CCCC1)C1CC1. The number of benzene rings is 1. The summed E-state index contributed by atoms with van der Waals surface area (Å²) >= 11 is 0. The number of hydrogen-bond donors (Lipinski definition) is 3. The maximum absolute atomic E-state index is 12.3. The number of hydrogen-bond acceptors (Lipinski definition) is 3. The third kappa shape index (κ3) is 2.86. The van der Waals surface area contributed by atoms with Crippen molar-refractivity contribution in [3.8, 4) is 0 Å². The normalized spacial score (nSPS) is 19.7. The van der Waals surface area contributed by atoms with Crippen LogP contribution < -0.4 is 16.7 Å². The average molecular weight is 328 g/mol. The van der Waals surface area contributed by atoms with Crippen LogP contribution in [0.2, 0.25) is 0 Å². The van der Waals surface area contributed by atoms with Crippen LogP contribution in [-0.4, -0.2) is 28.0 Å². The lowest BCUT2D eigenvalue weighted by molar-refractivity contribution is 0.0950. The predicted octanol–water partition coefficient (Wildman–Crippen LogP) is 1.91. The second-order valence-electron chi connectivity index (χ2n) is 7.18. The minimum absolute atomic E-state index is 0.0425. The maximum atomic E-state index is 12.3. The number of nitrogens with one attached hydrogen (secondary N) is 2. The fourth-order valence-electron chi connectivity index (χ4n) is 3.80. The summed E-state index contributed by atoms with van der Waals surface area (Å²) in [6.07, 6.45) is 6.77. The van der Waals surface area contributed by atoms with Gasteiger partial charge in [0.15, 0.2) is 0 Å². The Hall–Kier alpha value is -2.08. The number of carbonyl (C=O) groups excluding carboxylic acids is 1. The Morgan fingerprint density at radius 1 is 1.29 bits per heavy atom. The van der Waals surface area contributed by atoms with Gasteiger partial charge < -0.3 is 16.0 Å². The molecule has 1 heterocycles.